The lowest BCUT2D eigenvalue weighted by atomic mass is 10.2. The van der Waals surface area contributed by atoms with Crippen LogP contribution in [0.25, 0.3) is 0 Å². The number of benzene rings is 1. The zero-order valence-electron chi connectivity index (χ0n) is 10.0. The van der Waals surface area contributed by atoms with Crippen LogP contribution in [-0.2, 0) is 0 Å². The molecule has 0 unspecified atom stereocenters. The number of primary amides is 1. The summed E-state index contributed by atoms with van der Waals surface area (Å²) in [7, 11) is 1.48. The van der Waals surface area contributed by atoms with Crippen LogP contribution in [0, 0.1) is 0 Å². The van der Waals surface area contributed by atoms with Crippen LogP contribution in [0.3, 0.4) is 0 Å². The van der Waals surface area contributed by atoms with Gasteiger partial charge in [0.05, 0.1) is 12.8 Å². The summed E-state index contributed by atoms with van der Waals surface area (Å²) in [6.07, 6.45) is 0. The first-order valence-electron chi connectivity index (χ1n) is 5.29. The smallest absolute Gasteiger partial charge is 0.312 e. The van der Waals surface area contributed by atoms with Gasteiger partial charge in [0.15, 0.2) is 0 Å². The van der Waals surface area contributed by atoms with Gasteiger partial charge in [-0.2, -0.15) is 0 Å². The van der Waals surface area contributed by atoms with E-state index >= 15 is 0 Å². The van der Waals surface area contributed by atoms with E-state index in [0.29, 0.717) is 17.0 Å². The van der Waals surface area contributed by atoms with Crippen LogP contribution in [0.1, 0.15) is 10.4 Å². The fourth-order valence-corrected chi connectivity index (χ4v) is 1.32. The molecule has 0 spiro atoms. The molecule has 0 bridgehead atoms. The van der Waals surface area contributed by atoms with E-state index in [1.165, 1.54) is 7.11 Å². The summed E-state index contributed by atoms with van der Waals surface area (Å²) in [6.45, 7) is 0.557. The van der Waals surface area contributed by atoms with Gasteiger partial charge < -0.3 is 26.8 Å². The topological polar surface area (TPSA) is 119 Å². The Morgan fingerprint density at radius 1 is 1.28 bits per heavy atom. The van der Waals surface area contributed by atoms with E-state index in [4.69, 9.17) is 16.2 Å². The van der Waals surface area contributed by atoms with E-state index in [2.05, 4.69) is 10.6 Å². The third-order valence-electron chi connectivity index (χ3n) is 2.21. The Kier molecular flexibility index (Phi) is 4.79. The molecule has 0 aliphatic rings. The molecule has 6 N–H and O–H groups in total. The summed E-state index contributed by atoms with van der Waals surface area (Å²) in [4.78, 5) is 22.1. The molecule has 0 saturated heterocycles. The highest BCUT2D eigenvalue weighted by molar-refractivity contribution is 5.95. The Hall–Kier alpha value is -2.44. The summed E-state index contributed by atoms with van der Waals surface area (Å²) < 4.78 is 5.01. The van der Waals surface area contributed by atoms with Crippen molar-refractivity contribution in [2.24, 2.45) is 5.73 Å². The van der Waals surface area contributed by atoms with E-state index in [0.717, 1.165) is 0 Å². The van der Waals surface area contributed by atoms with Gasteiger partial charge in [0, 0.05) is 18.7 Å². The molecule has 0 aliphatic heterocycles. The fourth-order valence-electron chi connectivity index (χ4n) is 1.32. The number of nitrogens with two attached hydrogens (primary N) is 2. The number of rotatable bonds is 5. The van der Waals surface area contributed by atoms with E-state index in [1.807, 2.05) is 0 Å². The monoisotopic (exact) mass is 252 g/mol. The van der Waals surface area contributed by atoms with Gasteiger partial charge in [-0.1, -0.05) is 0 Å². The second kappa shape index (κ2) is 6.33. The van der Waals surface area contributed by atoms with Crippen molar-refractivity contribution in [1.82, 2.24) is 10.6 Å². The summed E-state index contributed by atoms with van der Waals surface area (Å²) in [6, 6.07) is 4.11. The molecule has 18 heavy (non-hydrogen) atoms. The maximum atomic E-state index is 11.7. The highest BCUT2D eigenvalue weighted by Crippen LogP contribution is 2.21. The van der Waals surface area contributed by atoms with Gasteiger partial charge in [-0.15, -0.1) is 0 Å². The first-order chi connectivity index (χ1) is 8.54. The second-order valence-corrected chi connectivity index (χ2v) is 3.50. The molecule has 0 saturated carbocycles. The Bertz CT molecular complexity index is 448. The lowest BCUT2D eigenvalue weighted by molar-refractivity contribution is 0.0953. The lowest BCUT2D eigenvalue weighted by Gasteiger charge is -2.08. The maximum Gasteiger partial charge on any atom is 0.312 e. The Balaban J connectivity index is 2.53. The van der Waals surface area contributed by atoms with Gasteiger partial charge >= 0.3 is 6.03 Å². The van der Waals surface area contributed by atoms with Crippen molar-refractivity contribution >= 4 is 17.6 Å². The van der Waals surface area contributed by atoms with Gasteiger partial charge in [-0.05, 0) is 18.2 Å². The van der Waals surface area contributed by atoms with Crippen LogP contribution in [0.5, 0.6) is 5.75 Å². The van der Waals surface area contributed by atoms with Crippen molar-refractivity contribution in [3.8, 4) is 5.75 Å². The van der Waals surface area contributed by atoms with Crippen molar-refractivity contribution in [3.05, 3.63) is 23.8 Å². The Morgan fingerprint density at radius 2 is 1.94 bits per heavy atom. The van der Waals surface area contributed by atoms with Gasteiger partial charge in [0.2, 0.25) is 0 Å². The number of amides is 3. The number of carbonyl (C=O) groups is 2. The molecule has 0 fully saturated rings. The standard InChI is InChI=1S/C11H16N4O3/c1-18-9-6-7(2-3-8(9)12)10(16)14-4-5-15-11(13)17/h2-3,6H,4-5,12H2,1H3,(H,14,16)(H3,13,15,17). The van der Waals surface area contributed by atoms with Gasteiger partial charge in [0.25, 0.3) is 5.91 Å². The van der Waals surface area contributed by atoms with Crippen LogP contribution in [0.2, 0.25) is 0 Å². The molecule has 0 atom stereocenters. The summed E-state index contributed by atoms with van der Waals surface area (Å²) in [5.74, 6) is 0.164. The van der Waals surface area contributed by atoms with Crippen molar-refractivity contribution < 1.29 is 14.3 Å². The van der Waals surface area contributed by atoms with E-state index in [9.17, 15) is 9.59 Å². The molecule has 1 aromatic carbocycles. The molecule has 0 aromatic heterocycles. The Labute approximate surface area is 104 Å². The van der Waals surface area contributed by atoms with Crippen LogP contribution in [-0.4, -0.2) is 32.1 Å². The average Bonchev–Trinajstić information content (AvgIpc) is 2.34. The summed E-state index contributed by atoms with van der Waals surface area (Å²) in [5, 5.41) is 4.98. The van der Waals surface area contributed by atoms with Gasteiger partial charge in [0.1, 0.15) is 5.75 Å². The number of ether oxygens (including phenoxy) is 1. The molecule has 0 heterocycles. The molecule has 1 rings (SSSR count). The highest BCUT2D eigenvalue weighted by atomic mass is 16.5. The predicted molar refractivity (Wildman–Crippen MR) is 67.3 cm³/mol. The normalized spacial score (nSPS) is 9.61. The van der Waals surface area contributed by atoms with Gasteiger partial charge in [-0.25, -0.2) is 4.79 Å². The largest absolute Gasteiger partial charge is 0.495 e. The van der Waals surface area contributed by atoms with Crippen LogP contribution < -0.4 is 26.8 Å². The van der Waals surface area contributed by atoms with Crippen molar-refractivity contribution in [2.45, 2.75) is 0 Å². The highest BCUT2D eigenvalue weighted by Gasteiger charge is 2.08. The fraction of sp³-hybridized carbons (Fsp3) is 0.273. The van der Waals surface area contributed by atoms with Crippen LogP contribution in [0.4, 0.5) is 10.5 Å². The average molecular weight is 252 g/mol. The van der Waals surface area contributed by atoms with Crippen LogP contribution >= 0.6 is 0 Å². The van der Waals surface area contributed by atoms with Crippen molar-refractivity contribution in [3.63, 3.8) is 0 Å². The molecule has 1 aromatic rings. The number of hydrogen-bond acceptors (Lipinski definition) is 4. The predicted octanol–water partition coefficient (Wildman–Crippen LogP) is -0.324. The minimum absolute atomic E-state index is 0.271. The number of methoxy groups -OCH3 is 1. The zero-order chi connectivity index (χ0) is 13.5. The molecular weight excluding hydrogens is 236 g/mol. The molecule has 0 aliphatic carbocycles. The number of anilines is 1. The first-order valence-corrected chi connectivity index (χ1v) is 5.29. The number of hydrogen-bond donors (Lipinski definition) is 4. The van der Waals surface area contributed by atoms with E-state index in [1.54, 1.807) is 18.2 Å². The number of carbonyl (C=O) groups excluding carboxylic acids is 2. The maximum absolute atomic E-state index is 11.7. The SMILES string of the molecule is COc1cc(C(=O)NCCNC(N)=O)ccc1N. The molecular formula is C11H16N4O3. The van der Waals surface area contributed by atoms with Crippen molar-refractivity contribution in [2.75, 3.05) is 25.9 Å². The third kappa shape index (κ3) is 3.85. The second-order valence-electron chi connectivity index (χ2n) is 3.50. The zero-order valence-corrected chi connectivity index (χ0v) is 10.0. The Morgan fingerprint density at radius 3 is 2.56 bits per heavy atom. The van der Waals surface area contributed by atoms with Crippen LogP contribution in [0.15, 0.2) is 18.2 Å². The summed E-state index contributed by atoms with van der Waals surface area (Å²) in [5.41, 5.74) is 11.4. The minimum atomic E-state index is -0.626. The van der Waals surface area contributed by atoms with Crippen molar-refractivity contribution in [1.29, 1.82) is 0 Å². The molecule has 0 radical (unpaired) electrons. The quantitative estimate of drug-likeness (QED) is 0.424. The molecule has 3 amide bonds. The summed E-state index contributed by atoms with van der Waals surface area (Å²) >= 11 is 0. The number of nitrogen functional groups attached to an aromatic ring is 1. The first kappa shape index (κ1) is 13.6. The minimum Gasteiger partial charge on any atom is -0.495 e. The number of nitrogens with one attached hydrogen (secondary N) is 2. The van der Waals surface area contributed by atoms with Gasteiger partial charge in [-0.3, -0.25) is 4.79 Å². The molecule has 98 valence electrons. The third-order valence-corrected chi connectivity index (χ3v) is 2.21. The van der Waals surface area contributed by atoms with E-state index in [-0.39, 0.29) is 19.0 Å². The molecule has 7 nitrogen and oxygen atoms in total. The molecule has 7 heteroatoms. The lowest BCUT2D eigenvalue weighted by Crippen LogP contribution is -2.37. The van der Waals surface area contributed by atoms with E-state index < -0.39 is 6.03 Å². The number of urea groups is 1.